The van der Waals surface area contributed by atoms with Gasteiger partial charge in [-0.3, -0.25) is 4.79 Å². The van der Waals surface area contributed by atoms with Gasteiger partial charge in [0.05, 0.1) is 15.9 Å². The first-order chi connectivity index (χ1) is 16.4. The average Bonchev–Trinajstić information content (AvgIpc) is 3.20. The summed E-state index contributed by atoms with van der Waals surface area (Å²) in [5, 5.41) is 5.09. The molecule has 0 aliphatic carbocycles. The molecule has 0 atom stereocenters. The van der Waals surface area contributed by atoms with E-state index in [1.165, 1.54) is 4.31 Å². The Labute approximate surface area is 200 Å². The van der Waals surface area contributed by atoms with Crippen molar-refractivity contribution in [3.8, 4) is 0 Å². The molecule has 0 aliphatic heterocycles. The molecule has 34 heavy (non-hydrogen) atoms. The molecular weight excluding hydrogens is 448 g/mol. The number of aryl methyl sites for hydroxylation is 2. The van der Waals surface area contributed by atoms with Gasteiger partial charge in [0.25, 0.3) is 0 Å². The van der Waals surface area contributed by atoms with Crippen LogP contribution in [0.3, 0.4) is 0 Å². The summed E-state index contributed by atoms with van der Waals surface area (Å²) in [6.07, 6.45) is 0.731. The molecule has 0 fully saturated rings. The predicted molar refractivity (Wildman–Crippen MR) is 136 cm³/mol. The summed E-state index contributed by atoms with van der Waals surface area (Å²) in [5.74, 6) is 0.679. The summed E-state index contributed by atoms with van der Waals surface area (Å²) in [6, 6.07) is 18.9. The van der Waals surface area contributed by atoms with Gasteiger partial charge in [0.15, 0.2) is 0 Å². The number of hydrogen-bond donors (Lipinski definition) is 1. The van der Waals surface area contributed by atoms with Crippen LogP contribution in [-0.4, -0.2) is 41.3 Å². The van der Waals surface area contributed by atoms with E-state index in [1.54, 1.807) is 12.1 Å². The van der Waals surface area contributed by atoms with Crippen molar-refractivity contribution < 1.29 is 13.2 Å². The minimum Gasteiger partial charge on any atom is -0.328 e. The highest BCUT2D eigenvalue weighted by molar-refractivity contribution is 7.89. The van der Waals surface area contributed by atoms with Crippen molar-refractivity contribution in [1.82, 2.24) is 13.9 Å². The van der Waals surface area contributed by atoms with Crippen molar-refractivity contribution in [1.29, 1.82) is 0 Å². The second kappa shape index (κ2) is 9.95. The third-order valence-electron chi connectivity index (χ3n) is 6.10. The number of carbonyl (C=O) groups excluding carboxylic acids is 1. The van der Waals surface area contributed by atoms with Gasteiger partial charge >= 0.3 is 0 Å². The lowest BCUT2D eigenvalue weighted by molar-refractivity contribution is -0.116. The zero-order valence-corrected chi connectivity index (χ0v) is 20.6. The molecular formula is C26H30N4O3S. The Morgan fingerprint density at radius 3 is 2.47 bits per heavy atom. The van der Waals surface area contributed by atoms with Crippen LogP contribution in [0.25, 0.3) is 21.8 Å². The maximum atomic E-state index is 12.9. The Bertz CT molecular complexity index is 1430. The first kappa shape index (κ1) is 23.9. The number of fused-ring (bicyclic) bond motifs is 2. The SMILES string of the molecule is CCN(CC)S(=O)(=O)c1ccc2c(c1)nc(CCC(=O)Nc1cccc3ccccc13)n2CC. The summed E-state index contributed by atoms with van der Waals surface area (Å²) in [4.78, 5) is 17.7. The van der Waals surface area contributed by atoms with E-state index in [9.17, 15) is 13.2 Å². The van der Waals surface area contributed by atoms with E-state index in [4.69, 9.17) is 4.98 Å². The average molecular weight is 479 g/mol. The van der Waals surface area contributed by atoms with Gasteiger partial charge in [-0.2, -0.15) is 4.31 Å². The van der Waals surface area contributed by atoms with Crippen LogP contribution in [0, 0.1) is 0 Å². The highest BCUT2D eigenvalue weighted by atomic mass is 32.2. The number of carbonyl (C=O) groups is 1. The van der Waals surface area contributed by atoms with Gasteiger partial charge in [0.2, 0.25) is 15.9 Å². The maximum Gasteiger partial charge on any atom is 0.243 e. The van der Waals surface area contributed by atoms with Crippen molar-refractivity contribution in [2.24, 2.45) is 0 Å². The quantitative estimate of drug-likeness (QED) is 0.374. The molecule has 4 rings (SSSR count). The number of aromatic nitrogens is 2. The number of imidazole rings is 1. The minimum atomic E-state index is -3.56. The van der Waals surface area contributed by atoms with E-state index in [0.717, 1.165) is 27.8 Å². The van der Waals surface area contributed by atoms with Gasteiger partial charge in [0, 0.05) is 43.5 Å². The zero-order chi connectivity index (χ0) is 24.3. The second-order valence-corrected chi connectivity index (χ2v) is 10.0. The van der Waals surface area contributed by atoms with Crippen LogP contribution in [0.1, 0.15) is 33.0 Å². The topological polar surface area (TPSA) is 84.3 Å². The number of anilines is 1. The number of rotatable bonds is 9. The van der Waals surface area contributed by atoms with E-state index in [1.807, 2.05) is 73.9 Å². The Hall–Kier alpha value is -3.23. The van der Waals surface area contributed by atoms with Crippen LogP contribution in [0.15, 0.2) is 65.6 Å². The van der Waals surface area contributed by atoms with E-state index in [2.05, 4.69) is 5.32 Å². The summed E-state index contributed by atoms with van der Waals surface area (Å²) in [5.41, 5.74) is 2.28. The van der Waals surface area contributed by atoms with Crippen molar-refractivity contribution >= 4 is 43.4 Å². The zero-order valence-electron chi connectivity index (χ0n) is 19.8. The normalized spacial score (nSPS) is 12.0. The van der Waals surface area contributed by atoms with Gasteiger partial charge in [0.1, 0.15) is 5.82 Å². The molecule has 1 N–H and O–H groups in total. The fourth-order valence-electron chi connectivity index (χ4n) is 4.35. The lowest BCUT2D eigenvalue weighted by Gasteiger charge is -2.18. The summed E-state index contributed by atoms with van der Waals surface area (Å²) in [7, 11) is -3.56. The Kier molecular flexibility index (Phi) is 7.00. The first-order valence-corrected chi connectivity index (χ1v) is 13.1. The van der Waals surface area contributed by atoms with Crippen molar-refractivity contribution in [3.63, 3.8) is 0 Å². The fraction of sp³-hybridized carbons (Fsp3) is 0.308. The van der Waals surface area contributed by atoms with E-state index >= 15 is 0 Å². The smallest absolute Gasteiger partial charge is 0.243 e. The Morgan fingerprint density at radius 1 is 1.00 bits per heavy atom. The van der Waals surface area contributed by atoms with Crippen molar-refractivity contribution in [2.45, 2.75) is 45.1 Å². The highest BCUT2D eigenvalue weighted by Gasteiger charge is 2.23. The van der Waals surface area contributed by atoms with Gasteiger partial charge in [-0.15, -0.1) is 0 Å². The van der Waals surface area contributed by atoms with Crippen LogP contribution in [0.5, 0.6) is 0 Å². The number of benzene rings is 3. The van der Waals surface area contributed by atoms with E-state index in [-0.39, 0.29) is 17.2 Å². The third-order valence-corrected chi connectivity index (χ3v) is 8.14. The van der Waals surface area contributed by atoms with Crippen molar-refractivity contribution in [2.75, 3.05) is 18.4 Å². The second-order valence-electron chi connectivity index (χ2n) is 8.09. The molecule has 8 heteroatoms. The van der Waals surface area contributed by atoms with Gasteiger partial charge < -0.3 is 9.88 Å². The fourth-order valence-corrected chi connectivity index (χ4v) is 5.83. The largest absolute Gasteiger partial charge is 0.328 e. The predicted octanol–water partition coefficient (Wildman–Crippen LogP) is 4.81. The summed E-state index contributed by atoms with van der Waals surface area (Å²) in [6.45, 7) is 7.18. The molecule has 0 saturated carbocycles. The van der Waals surface area contributed by atoms with Crippen LogP contribution >= 0.6 is 0 Å². The number of hydrogen-bond acceptors (Lipinski definition) is 4. The van der Waals surface area contributed by atoms with Gasteiger partial charge in [-0.1, -0.05) is 50.2 Å². The number of sulfonamides is 1. The Balaban J connectivity index is 1.55. The lowest BCUT2D eigenvalue weighted by atomic mass is 10.1. The lowest BCUT2D eigenvalue weighted by Crippen LogP contribution is -2.30. The van der Waals surface area contributed by atoms with Crippen LogP contribution < -0.4 is 5.32 Å². The molecule has 0 aliphatic rings. The number of nitrogens with one attached hydrogen (secondary N) is 1. The summed E-state index contributed by atoms with van der Waals surface area (Å²) >= 11 is 0. The molecule has 0 unspecified atom stereocenters. The number of amides is 1. The highest BCUT2D eigenvalue weighted by Crippen LogP contribution is 2.25. The first-order valence-electron chi connectivity index (χ1n) is 11.7. The molecule has 7 nitrogen and oxygen atoms in total. The van der Waals surface area contributed by atoms with Crippen molar-refractivity contribution in [3.05, 3.63) is 66.5 Å². The van der Waals surface area contributed by atoms with Gasteiger partial charge in [-0.05, 0) is 36.6 Å². The van der Waals surface area contributed by atoms with Crippen LogP contribution in [0.2, 0.25) is 0 Å². The standard InChI is InChI=1S/C26H30N4O3S/c1-4-29(5-2)34(32,33)20-14-15-24-23(18-20)27-25(30(24)6-3)16-17-26(31)28-22-13-9-11-19-10-7-8-12-21(19)22/h7-15,18H,4-6,16-17H2,1-3H3,(H,28,31). The molecule has 3 aromatic carbocycles. The van der Waals surface area contributed by atoms with E-state index in [0.29, 0.717) is 31.6 Å². The van der Waals surface area contributed by atoms with E-state index < -0.39 is 10.0 Å². The molecule has 178 valence electrons. The number of nitrogens with zero attached hydrogens (tertiary/aromatic N) is 3. The molecule has 0 spiro atoms. The van der Waals surface area contributed by atoms with Crippen LogP contribution in [-0.2, 0) is 27.8 Å². The van der Waals surface area contributed by atoms with Gasteiger partial charge in [-0.25, -0.2) is 13.4 Å². The molecule has 1 heterocycles. The monoisotopic (exact) mass is 478 g/mol. The third kappa shape index (κ3) is 4.56. The molecule has 1 amide bonds. The molecule has 0 radical (unpaired) electrons. The Morgan fingerprint density at radius 2 is 1.74 bits per heavy atom. The molecule has 0 bridgehead atoms. The molecule has 1 aromatic heterocycles. The maximum absolute atomic E-state index is 12.9. The molecule has 0 saturated heterocycles. The molecule has 4 aromatic rings. The summed E-state index contributed by atoms with van der Waals surface area (Å²) < 4.78 is 29.3. The minimum absolute atomic E-state index is 0.0872. The van der Waals surface area contributed by atoms with Crippen LogP contribution in [0.4, 0.5) is 5.69 Å².